The molecular weight excluding hydrogens is 711 g/mol. The standard InChI is InChI=1S/C53H33N3O2/c1-3-11-36-29-38(25-21-32(36)9-1)34-19-23-35(24-20-34)51-54-52(40-26-22-33-10-2-4-12-37(33)30-40)56-53(55-51)44-16-8-18-48-49(44)45-31-39(27-28-47(45)57-48)41-14-7-15-43-42-13-5-6-17-46(42)58-50(41)43/h1-31,51H,(H,54,55,56). The summed E-state index contributed by atoms with van der Waals surface area (Å²) in [5.74, 6) is 1.41. The Morgan fingerprint density at radius 2 is 1.03 bits per heavy atom. The zero-order chi connectivity index (χ0) is 38.2. The average Bonchev–Trinajstić information content (AvgIpc) is 3.87. The molecule has 1 aliphatic heterocycles. The average molecular weight is 744 g/mol. The molecule has 1 aliphatic rings. The molecule has 0 aliphatic carbocycles. The Kier molecular flexibility index (Phi) is 7.23. The number of benzene rings is 9. The van der Waals surface area contributed by atoms with Gasteiger partial charge in [0.1, 0.15) is 34.3 Å². The molecule has 272 valence electrons. The number of nitrogens with one attached hydrogen (secondary N) is 1. The minimum absolute atomic E-state index is 0.380. The van der Waals surface area contributed by atoms with Crippen LogP contribution in [0.15, 0.2) is 207 Å². The Bertz CT molecular complexity index is 3500. The fraction of sp³-hybridized carbons (Fsp3) is 0.0189. The molecule has 0 bridgehead atoms. The molecule has 0 saturated carbocycles. The van der Waals surface area contributed by atoms with Crippen LogP contribution in [0.2, 0.25) is 0 Å². The van der Waals surface area contributed by atoms with Gasteiger partial charge in [-0.25, -0.2) is 9.98 Å². The number of hydrogen-bond donors (Lipinski definition) is 1. The molecule has 0 amide bonds. The van der Waals surface area contributed by atoms with Gasteiger partial charge >= 0.3 is 0 Å². The number of para-hydroxylation sites is 2. The van der Waals surface area contributed by atoms with E-state index in [0.29, 0.717) is 5.84 Å². The van der Waals surface area contributed by atoms with Crippen molar-refractivity contribution in [2.45, 2.75) is 6.17 Å². The summed E-state index contributed by atoms with van der Waals surface area (Å²) in [5.41, 5.74) is 10.7. The molecule has 11 aromatic rings. The molecule has 0 spiro atoms. The highest BCUT2D eigenvalue weighted by Gasteiger charge is 2.25. The van der Waals surface area contributed by atoms with Gasteiger partial charge in [-0.3, -0.25) is 0 Å². The molecule has 58 heavy (non-hydrogen) atoms. The van der Waals surface area contributed by atoms with Crippen molar-refractivity contribution in [1.29, 1.82) is 0 Å². The second kappa shape index (κ2) is 12.9. The molecule has 0 radical (unpaired) electrons. The lowest BCUT2D eigenvalue weighted by Gasteiger charge is -2.24. The fourth-order valence-corrected chi connectivity index (χ4v) is 8.61. The maximum Gasteiger partial charge on any atom is 0.159 e. The van der Waals surface area contributed by atoms with Crippen molar-refractivity contribution in [3.63, 3.8) is 0 Å². The Morgan fingerprint density at radius 1 is 0.414 bits per heavy atom. The zero-order valence-electron chi connectivity index (χ0n) is 31.2. The summed E-state index contributed by atoms with van der Waals surface area (Å²) in [6.07, 6.45) is -0.380. The number of rotatable bonds is 5. The number of furan rings is 2. The van der Waals surface area contributed by atoms with Gasteiger partial charge in [0.05, 0.1) is 0 Å². The van der Waals surface area contributed by atoms with Crippen LogP contribution in [0.1, 0.15) is 22.9 Å². The van der Waals surface area contributed by atoms with Crippen molar-refractivity contribution >= 4 is 77.1 Å². The first kappa shape index (κ1) is 32.5. The van der Waals surface area contributed by atoms with Crippen LogP contribution in [-0.4, -0.2) is 11.7 Å². The molecule has 2 aromatic heterocycles. The highest BCUT2D eigenvalue weighted by Crippen LogP contribution is 2.40. The predicted octanol–water partition coefficient (Wildman–Crippen LogP) is 13.6. The molecule has 1 N–H and O–H groups in total. The van der Waals surface area contributed by atoms with Crippen molar-refractivity contribution in [2.24, 2.45) is 9.98 Å². The van der Waals surface area contributed by atoms with Crippen molar-refractivity contribution in [3.05, 3.63) is 205 Å². The molecule has 1 unspecified atom stereocenters. The Balaban J connectivity index is 0.988. The second-order valence-corrected chi connectivity index (χ2v) is 15.0. The minimum atomic E-state index is -0.380. The van der Waals surface area contributed by atoms with Gasteiger partial charge in [-0.05, 0) is 80.2 Å². The third kappa shape index (κ3) is 5.32. The number of aliphatic imine (C=N–C) groups is 2. The number of amidine groups is 2. The molecule has 0 saturated heterocycles. The molecule has 12 rings (SSSR count). The molecule has 9 aromatic carbocycles. The largest absolute Gasteiger partial charge is 0.456 e. The highest BCUT2D eigenvalue weighted by molar-refractivity contribution is 6.22. The first-order valence-corrected chi connectivity index (χ1v) is 19.6. The van der Waals surface area contributed by atoms with Crippen molar-refractivity contribution < 1.29 is 8.83 Å². The lowest BCUT2D eigenvalue weighted by atomic mass is 9.98. The third-order valence-electron chi connectivity index (χ3n) is 11.5. The van der Waals surface area contributed by atoms with Gasteiger partial charge in [0.2, 0.25) is 0 Å². The summed E-state index contributed by atoms with van der Waals surface area (Å²) in [7, 11) is 0. The van der Waals surface area contributed by atoms with E-state index in [1.165, 1.54) is 21.7 Å². The van der Waals surface area contributed by atoms with E-state index in [1.54, 1.807) is 0 Å². The van der Waals surface area contributed by atoms with Crippen LogP contribution in [-0.2, 0) is 0 Å². The third-order valence-corrected chi connectivity index (χ3v) is 11.5. The molecule has 3 heterocycles. The Morgan fingerprint density at radius 3 is 1.86 bits per heavy atom. The summed E-state index contributed by atoms with van der Waals surface area (Å²) >= 11 is 0. The maximum absolute atomic E-state index is 6.53. The fourth-order valence-electron chi connectivity index (χ4n) is 8.61. The van der Waals surface area contributed by atoms with E-state index >= 15 is 0 Å². The number of fused-ring (bicyclic) bond motifs is 8. The summed E-state index contributed by atoms with van der Waals surface area (Å²) in [5, 5.41) is 12.7. The van der Waals surface area contributed by atoms with Crippen LogP contribution in [0.4, 0.5) is 0 Å². The van der Waals surface area contributed by atoms with Gasteiger partial charge < -0.3 is 14.2 Å². The van der Waals surface area contributed by atoms with Crippen LogP contribution in [0.25, 0.3) is 87.7 Å². The van der Waals surface area contributed by atoms with Crippen LogP contribution in [0.3, 0.4) is 0 Å². The first-order valence-electron chi connectivity index (χ1n) is 19.6. The topological polar surface area (TPSA) is 63.0 Å². The van der Waals surface area contributed by atoms with E-state index in [0.717, 1.165) is 88.5 Å². The van der Waals surface area contributed by atoms with Gasteiger partial charge in [-0.1, -0.05) is 152 Å². The summed E-state index contributed by atoms with van der Waals surface area (Å²) in [4.78, 5) is 10.5. The van der Waals surface area contributed by atoms with Crippen molar-refractivity contribution in [3.8, 4) is 22.3 Å². The molecular formula is C53H33N3O2. The van der Waals surface area contributed by atoms with Gasteiger partial charge in [0.15, 0.2) is 5.84 Å². The monoisotopic (exact) mass is 743 g/mol. The van der Waals surface area contributed by atoms with E-state index in [9.17, 15) is 0 Å². The van der Waals surface area contributed by atoms with E-state index in [2.05, 4.69) is 169 Å². The van der Waals surface area contributed by atoms with Gasteiger partial charge in [0.25, 0.3) is 0 Å². The van der Waals surface area contributed by atoms with Crippen LogP contribution in [0.5, 0.6) is 0 Å². The maximum atomic E-state index is 6.53. The number of nitrogens with zero attached hydrogens (tertiary/aromatic N) is 2. The van der Waals surface area contributed by atoms with Crippen molar-refractivity contribution in [1.82, 2.24) is 5.32 Å². The van der Waals surface area contributed by atoms with Crippen LogP contribution < -0.4 is 5.32 Å². The van der Waals surface area contributed by atoms with Gasteiger partial charge in [-0.15, -0.1) is 0 Å². The predicted molar refractivity (Wildman–Crippen MR) is 239 cm³/mol. The summed E-state index contributed by atoms with van der Waals surface area (Å²) in [6, 6.07) is 65.8. The van der Waals surface area contributed by atoms with Crippen LogP contribution >= 0.6 is 0 Å². The van der Waals surface area contributed by atoms with Gasteiger partial charge in [-0.2, -0.15) is 0 Å². The normalized spacial score (nSPS) is 14.4. The van der Waals surface area contributed by atoms with E-state index in [4.69, 9.17) is 18.8 Å². The minimum Gasteiger partial charge on any atom is -0.456 e. The first-order chi connectivity index (χ1) is 28.7. The lowest BCUT2D eigenvalue weighted by molar-refractivity contribution is 0.667. The summed E-state index contributed by atoms with van der Waals surface area (Å²) < 4.78 is 13.0. The SMILES string of the molecule is c1ccc2cc(C3=NC(c4ccc(-c5ccc6ccccc6c5)cc4)NC(c4cccc5oc6ccc(-c7cccc8c7oc7ccccc78)cc6c45)=N3)ccc2c1. The molecule has 5 heteroatoms. The number of hydrogen-bond acceptors (Lipinski definition) is 5. The Labute approximate surface area is 333 Å². The highest BCUT2D eigenvalue weighted by atomic mass is 16.3. The van der Waals surface area contributed by atoms with E-state index in [1.807, 2.05) is 24.3 Å². The summed E-state index contributed by atoms with van der Waals surface area (Å²) in [6.45, 7) is 0. The lowest BCUT2D eigenvalue weighted by Crippen LogP contribution is -2.33. The second-order valence-electron chi connectivity index (χ2n) is 15.0. The molecule has 5 nitrogen and oxygen atoms in total. The molecule has 0 fully saturated rings. The zero-order valence-corrected chi connectivity index (χ0v) is 31.2. The quantitative estimate of drug-likeness (QED) is 0.191. The van der Waals surface area contributed by atoms with Gasteiger partial charge in [0, 0.05) is 38.2 Å². The molecule has 1 atom stereocenters. The van der Waals surface area contributed by atoms with E-state index < -0.39 is 0 Å². The van der Waals surface area contributed by atoms with E-state index in [-0.39, 0.29) is 6.17 Å². The van der Waals surface area contributed by atoms with Crippen molar-refractivity contribution in [2.75, 3.05) is 0 Å². The van der Waals surface area contributed by atoms with Crippen LogP contribution in [0, 0.1) is 0 Å². The Hall–Kier alpha value is -7.76. The smallest absolute Gasteiger partial charge is 0.159 e.